The van der Waals surface area contributed by atoms with Crippen molar-refractivity contribution in [2.24, 2.45) is 0 Å². The van der Waals surface area contributed by atoms with E-state index < -0.39 is 0 Å². The second-order valence-corrected chi connectivity index (χ2v) is 7.48. The maximum atomic E-state index is 5.26. The molecular formula is C24H29N3O. The molecule has 1 saturated heterocycles. The lowest BCUT2D eigenvalue weighted by molar-refractivity contribution is 0.261. The monoisotopic (exact) mass is 375 g/mol. The van der Waals surface area contributed by atoms with Gasteiger partial charge in [0.05, 0.1) is 7.11 Å². The van der Waals surface area contributed by atoms with E-state index in [0.717, 1.165) is 44.9 Å². The van der Waals surface area contributed by atoms with Crippen molar-refractivity contribution >= 4 is 5.69 Å². The Morgan fingerprint density at radius 1 is 0.929 bits per heavy atom. The highest BCUT2D eigenvalue weighted by Gasteiger charge is 2.17. The number of aromatic amines is 1. The number of anilines is 1. The van der Waals surface area contributed by atoms with Gasteiger partial charge in [0.15, 0.2) is 0 Å². The summed E-state index contributed by atoms with van der Waals surface area (Å²) in [6.45, 7) is 7.68. The van der Waals surface area contributed by atoms with Crippen molar-refractivity contribution in [2.45, 2.75) is 13.3 Å². The number of nitrogens with zero attached hydrogens (tertiary/aromatic N) is 2. The van der Waals surface area contributed by atoms with Crippen molar-refractivity contribution < 1.29 is 4.74 Å². The number of ether oxygens (including phenoxy) is 1. The van der Waals surface area contributed by atoms with E-state index in [4.69, 9.17) is 4.74 Å². The summed E-state index contributed by atoms with van der Waals surface area (Å²) in [6.07, 6.45) is 1.09. The third kappa shape index (κ3) is 4.23. The van der Waals surface area contributed by atoms with Gasteiger partial charge in [-0.25, -0.2) is 0 Å². The highest BCUT2D eigenvalue weighted by molar-refractivity contribution is 5.61. The third-order valence-corrected chi connectivity index (χ3v) is 5.71. The number of hydrogen-bond acceptors (Lipinski definition) is 3. The van der Waals surface area contributed by atoms with Crippen molar-refractivity contribution in [3.05, 3.63) is 71.9 Å². The number of nitrogens with one attached hydrogen (secondary N) is 1. The van der Waals surface area contributed by atoms with Gasteiger partial charge in [-0.3, -0.25) is 4.90 Å². The van der Waals surface area contributed by atoms with Crippen LogP contribution in [0.5, 0.6) is 5.75 Å². The molecule has 3 aromatic rings. The third-order valence-electron chi connectivity index (χ3n) is 5.71. The second-order valence-electron chi connectivity index (χ2n) is 7.48. The average molecular weight is 376 g/mol. The van der Waals surface area contributed by atoms with E-state index in [1.807, 2.05) is 12.1 Å². The maximum Gasteiger partial charge on any atom is 0.119 e. The molecule has 0 radical (unpaired) electrons. The molecule has 0 amide bonds. The molecule has 1 aliphatic heterocycles. The fraction of sp³-hybridized carbons (Fsp3) is 0.333. The Balaban J connectivity index is 1.30. The van der Waals surface area contributed by atoms with Crippen LogP contribution in [0.25, 0.3) is 11.3 Å². The van der Waals surface area contributed by atoms with Crippen LogP contribution in [-0.2, 0) is 6.42 Å². The van der Waals surface area contributed by atoms with Crippen LogP contribution in [0.2, 0.25) is 0 Å². The summed E-state index contributed by atoms with van der Waals surface area (Å²) in [5.74, 6) is 0.916. The molecule has 2 heterocycles. The summed E-state index contributed by atoms with van der Waals surface area (Å²) < 4.78 is 5.26. The molecule has 28 heavy (non-hydrogen) atoms. The van der Waals surface area contributed by atoms with Gasteiger partial charge in [0.2, 0.25) is 0 Å². The minimum absolute atomic E-state index is 0.916. The molecule has 0 saturated carbocycles. The molecule has 1 aromatic heterocycles. The lowest BCUT2D eigenvalue weighted by Crippen LogP contribution is -2.47. The number of benzene rings is 2. The Morgan fingerprint density at radius 3 is 2.32 bits per heavy atom. The lowest BCUT2D eigenvalue weighted by Gasteiger charge is -2.36. The molecule has 1 N–H and O–H groups in total. The van der Waals surface area contributed by atoms with E-state index in [1.54, 1.807) is 7.11 Å². The highest BCUT2D eigenvalue weighted by atomic mass is 16.5. The molecule has 146 valence electrons. The van der Waals surface area contributed by atoms with Crippen LogP contribution in [-0.4, -0.2) is 49.7 Å². The van der Waals surface area contributed by atoms with Crippen LogP contribution in [0.4, 0.5) is 5.69 Å². The quantitative estimate of drug-likeness (QED) is 0.694. The first-order valence-corrected chi connectivity index (χ1v) is 10.1. The zero-order valence-electron chi connectivity index (χ0n) is 16.8. The van der Waals surface area contributed by atoms with Crippen molar-refractivity contribution in [3.8, 4) is 17.0 Å². The van der Waals surface area contributed by atoms with Gasteiger partial charge < -0.3 is 14.6 Å². The summed E-state index contributed by atoms with van der Waals surface area (Å²) in [6, 6.07) is 21.3. The van der Waals surface area contributed by atoms with Crippen LogP contribution >= 0.6 is 0 Å². The summed E-state index contributed by atoms with van der Waals surface area (Å²) in [5, 5.41) is 0. The predicted molar refractivity (Wildman–Crippen MR) is 116 cm³/mol. The number of hydrogen-bond donors (Lipinski definition) is 1. The lowest BCUT2D eigenvalue weighted by atomic mass is 10.1. The Hall–Kier alpha value is -2.72. The Kier molecular flexibility index (Phi) is 5.68. The van der Waals surface area contributed by atoms with Crippen LogP contribution in [0.1, 0.15) is 11.3 Å². The molecule has 4 nitrogen and oxygen atoms in total. The molecule has 0 atom stereocenters. The first-order valence-electron chi connectivity index (χ1n) is 10.1. The Labute approximate surface area is 167 Å². The fourth-order valence-electron chi connectivity index (χ4n) is 3.94. The van der Waals surface area contributed by atoms with Crippen LogP contribution in [0, 0.1) is 6.92 Å². The van der Waals surface area contributed by atoms with Gasteiger partial charge in [-0.1, -0.05) is 30.3 Å². The fourth-order valence-corrected chi connectivity index (χ4v) is 3.94. The summed E-state index contributed by atoms with van der Waals surface area (Å²) in [7, 11) is 1.71. The SMILES string of the molecule is COc1ccc(N2CCN(CCc3cc(-c4ccccc4)[nH]c3C)CC2)cc1. The van der Waals surface area contributed by atoms with Crippen molar-refractivity contribution in [3.63, 3.8) is 0 Å². The van der Waals surface area contributed by atoms with Crippen LogP contribution in [0.3, 0.4) is 0 Å². The minimum Gasteiger partial charge on any atom is -0.497 e. The van der Waals surface area contributed by atoms with Crippen molar-refractivity contribution in [1.29, 1.82) is 0 Å². The van der Waals surface area contributed by atoms with Gasteiger partial charge in [0.1, 0.15) is 5.75 Å². The largest absolute Gasteiger partial charge is 0.497 e. The molecule has 4 rings (SSSR count). The normalized spacial score (nSPS) is 15.0. The van der Waals surface area contributed by atoms with Crippen molar-refractivity contribution in [1.82, 2.24) is 9.88 Å². The second kappa shape index (κ2) is 8.53. The predicted octanol–water partition coefficient (Wildman–Crippen LogP) is 4.36. The van der Waals surface area contributed by atoms with E-state index in [9.17, 15) is 0 Å². The number of rotatable bonds is 6. The topological polar surface area (TPSA) is 31.5 Å². The van der Waals surface area contributed by atoms with E-state index in [1.165, 1.54) is 28.2 Å². The standard InChI is InChI=1S/C24H29N3O/c1-19-21(18-24(25-19)20-6-4-3-5-7-20)12-13-26-14-16-27(17-15-26)22-8-10-23(28-2)11-9-22/h3-11,18,25H,12-17H2,1-2H3. The summed E-state index contributed by atoms with van der Waals surface area (Å²) in [4.78, 5) is 8.59. The van der Waals surface area contributed by atoms with Gasteiger partial charge in [-0.15, -0.1) is 0 Å². The number of piperazine rings is 1. The van der Waals surface area contributed by atoms with E-state index >= 15 is 0 Å². The van der Waals surface area contributed by atoms with Crippen LogP contribution in [0.15, 0.2) is 60.7 Å². The molecule has 4 heteroatoms. The zero-order chi connectivity index (χ0) is 19.3. The molecular weight excluding hydrogens is 346 g/mol. The number of methoxy groups -OCH3 is 1. The number of H-pyrrole nitrogens is 1. The number of aromatic nitrogens is 1. The minimum atomic E-state index is 0.916. The summed E-state index contributed by atoms with van der Waals surface area (Å²) >= 11 is 0. The molecule has 0 bridgehead atoms. The van der Waals surface area contributed by atoms with E-state index in [2.05, 4.69) is 70.2 Å². The van der Waals surface area contributed by atoms with Crippen LogP contribution < -0.4 is 9.64 Å². The Morgan fingerprint density at radius 2 is 1.64 bits per heavy atom. The van der Waals surface area contributed by atoms with Crippen molar-refractivity contribution in [2.75, 3.05) is 44.7 Å². The average Bonchev–Trinajstić information content (AvgIpc) is 3.14. The van der Waals surface area contributed by atoms with Gasteiger partial charge >= 0.3 is 0 Å². The van der Waals surface area contributed by atoms with E-state index in [0.29, 0.717) is 0 Å². The van der Waals surface area contributed by atoms with Gasteiger partial charge in [0.25, 0.3) is 0 Å². The van der Waals surface area contributed by atoms with Gasteiger partial charge in [-0.2, -0.15) is 0 Å². The molecule has 1 aliphatic rings. The van der Waals surface area contributed by atoms with Gasteiger partial charge in [-0.05, 0) is 54.8 Å². The Bertz CT molecular complexity index is 878. The zero-order valence-corrected chi connectivity index (χ0v) is 16.8. The smallest absolute Gasteiger partial charge is 0.119 e. The molecule has 0 spiro atoms. The number of aryl methyl sites for hydroxylation is 1. The molecule has 0 unspecified atom stereocenters. The highest BCUT2D eigenvalue weighted by Crippen LogP contribution is 2.23. The van der Waals surface area contributed by atoms with E-state index in [-0.39, 0.29) is 0 Å². The van der Waals surface area contributed by atoms with Gasteiger partial charge in [0, 0.05) is 49.8 Å². The first-order chi connectivity index (χ1) is 13.7. The summed E-state index contributed by atoms with van der Waals surface area (Å²) in [5.41, 5.74) is 6.48. The molecule has 0 aliphatic carbocycles. The first kappa shape index (κ1) is 18.6. The molecule has 2 aromatic carbocycles. The molecule has 1 fully saturated rings. The maximum absolute atomic E-state index is 5.26.